The molecule has 0 aromatic carbocycles. The fourth-order valence-electron chi connectivity index (χ4n) is 3.64. The number of hydrogen-bond donors (Lipinski definition) is 2. The summed E-state index contributed by atoms with van der Waals surface area (Å²) in [6, 6.07) is 1.97. The van der Waals surface area contributed by atoms with Gasteiger partial charge in [0.1, 0.15) is 4.70 Å². The summed E-state index contributed by atoms with van der Waals surface area (Å²) < 4.78 is 1.74. The van der Waals surface area contributed by atoms with Crippen molar-refractivity contribution in [2.45, 2.75) is 58.5 Å². The second kappa shape index (κ2) is 7.56. The lowest BCUT2D eigenvalue weighted by Crippen LogP contribution is -2.43. The zero-order valence-electron chi connectivity index (χ0n) is 14.7. The molecule has 2 aromatic rings. The molecule has 0 aliphatic heterocycles. The smallest absolute Gasteiger partial charge is 0.328 e. The third-order valence-corrected chi connectivity index (χ3v) is 6.33. The molecule has 3 unspecified atom stereocenters. The summed E-state index contributed by atoms with van der Waals surface area (Å²) in [7, 11) is 0. The Kier molecular flexibility index (Phi) is 5.42. The van der Waals surface area contributed by atoms with E-state index in [4.69, 9.17) is 0 Å². The number of rotatable bonds is 5. The average Bonchev–Trinajstić information content (AvgIpc) is 3.03. The van der Waals surface area contributed by atoms with Crippen LogP contribution in [0.5, 0.6) is 0 Å². The quantitative estimate of drug-likeness (QED) is 0.856. The Morgan fingerprint density at radius 1 is 1.36 bits per heavy atom. The predicted molar refractivity (Wildman–Crippen MR) is 100 cm³/mol. The van der Waals surface area contributed by atoms with E-state index in [2.05, 4.69) is 24.1 Å². The lowest BCUT2D eigenvalue weighted by Gasteiger charge is -2.34. The topological polar surface area (TPSA) is 84.0 Å². The summed E-state index contributed by atoms with van der Waals surface area (Å²) >= 11 is 1.32. The fourth-order valence-corrected chi connectivity index (χ4v) is 4.43. The van der Waals surface area contributed by atoms with Gasteiger partial charge in [0, 0.05) is 19.0 Å². The lowest BCUT2D eigenvalue weighted by molar-refractivity contribution is -0.122. The minimum atomic E-state index is -0.411. The number of thiophene rings is 1. The SMILES string of the molecule is CC1CCCC(NC(=O)CCCn2c(=O)[nH]c3ccsc3c2=O)C1C. The highest BCUT2D eigenvalue weighted by Gasteiger charge is 2.27. The molecule has 0 radical (unpaired) electrons. The number of carbonyl (C=O) groups is 1. The molecular formula is C18H25N3O3S. The van der Waals surface area contributed by atoms with Crippen LogP contribution in [0.1, 0.15) is 46.0 Å². The van der Waals surface area contributed by atoms with E-state index in [-0.39, 0.29) is 24.1 Å². The molecule has 2 N–H and O–H groups in total. The number of carbonyl (C=O) groups excluding carboxylic acids is 1. The van der Waals surface area contributed by atoms with Gasteiger partial charge in [0.15, 0.2) is 0 Å². The van der Waals surface area contributed by atoms with Crippen LogP contribution in [0.15, 0.2) is 21.0 Å². The van der Waals surface area contributed by atoms with Gasteiger partial charge >= 0.3 is 5.69 Å². The number of aromatic nitrogens is 2. The van der Waals surface area contributed by atoms with Crippen LogP contribution >= 0.6 is 11.3 Å². The van der Waals surface area contributed by atoms with Crippen molar-refractivity contribution in [3.63, 3.8) is 0 Å². The standard InChI is InChI=1S/C18H25N3O3S/c1-11-5-3-6-13(12(11)2)19-15(22)7-4-9-21-17(23)16-14(8-10-25-16)20-18(21)24/h8,10-13H,3-7,9H2,1-2H3,(H,19,22)(H,20,24). The maximum Gasteiger partial charge on any atom is 0.328 e. The first-order chi connectivity index (χ1) is 12.0. The van der Waals surface area contributed by atoms with Gasteiger partial charge < -0.3 is 10.3 Å². The highest BCUT2D eigenvalue weighted by molar-refractivity contribution is 7.17. The van der Waals surface area contributed by atoms with Crippen LogP contribution in [0, 0.1) is 11.8 Å². The highest BCUT2D eigenvalue weighted by atomic mass is 32.1. The van der Waals surface area contributed by atoms with Gasteiger partial charge in [-0.1, -0.05) is 26.7 Å². The maximum absolute atomic E-state index is 12.3. The summed E-state index contributed by atoms with van der Waals surface area (Å²) in [4.78, 5) is 39.3. The third kappa shape index (κ3) is 3.86. The second-order valence-corrected chi connectivity index (χ2v) is 8.01. The highest BCUT2D eigenvalue weighted by Crippen LogP contribution is 2.29. The van der Waals surface area contributed by atoms with E-state index in [0.717, 1.165) is 12.8 Å². The molecule has 2 aromatic heterocycles. The van der Waals surface area contributed by atoms with E-state index < -0.39 is 5.69 Å². The van der Waals surface area contributed by atoms with Crippen molar-refractivity contribution in [1.29, 1.82) is 0 Å². The largest absolute Gasteiger partial charge is 0.353 e. The molecular weight excluding hydrogens is 338 g/mol. The van der Waals surface area contributed by atoms with Crippen LogP contribution in [-0.4, -0.2) is 21.5 Å². The molecule has 0 spiro atoms. The average molecular weight is 363 g/mol. The van der Waals surface area contributed by atoms with E-state index in [0.29, 0.717) is 34.9 Å². The Hall–Kier alpha value is -1.89. The number of hydrogen-bond acceptors (Lipinski definition) is 4. The van der Waals surface area contributed by atoms with Crippen LogP contribution in [0.25, 0.3) is 10.2 Å². The van der Waals surface area contributed by atoms with E-state index in [9.17, 15) is 14.4 Å². The fraction of sp³-hybridized carbons (Fsp3) is 0.611. The molecule has 7 heteroatoms. The van der Waals surface area contributed by atoms with Gasteiger partial charge in [-0.05, 0) is 36.1 Å². The number of amides is 1. The van der Waals surface area contributed by atoms with Crippen molar-refractivity contribution in [3.05, 3.63) is 32.3 Å². The van der Waals surface area contributed by atoms with Gasteiger partial charge in [0.05, 0.1) is 5.52 Å². The van der Waals surface area contributed by atoms with Crippen molar-refractivity contribution < 1.29 is 4.79 Å². The number of fused-ring (bicyclic) bond motifs is 1. The third-order valence-electron chi connectivity index (χ3n) is 5.43. The molecule has 1 aliphatic carbocycles. The van der Waals surface area contributed by atoms with E-state index in [1.807, 2.05) is 0 Å². The van der Waals surface area contributed by atoms with Gasteiger partial charge in [-0.25, -0.2) is 4.79 Å². The summed E-state index contributed by atoms with van der Waals surface area (Å²) in [5, 5.41) is 4.91. The molecule has 1 amide bonds. The normalized spacial score (nSPS) is 23.7. The molecule has 1 aliphatic rings. The minimum Gasteiger partial charge on any atom is -0.353 e. The van der Waals surface area contributed by atoms with Crippen molar-refractivity contribution in [2.24, 2.45) is 11.8 Å². The molecule has 1 fully saturated rings. The zero-order valence-corrected chi connectivity index (χ0v) is 15.5. The molecule has 6 nitrogen and oxygen atoms in total. The van der Waals surface area contributed by atoms with Crippen LogP contribution in [0.2, 0.25) is 0 Å². The Bertz CT molecular complexity index is 866. The second-order valence-electron chi connectivity index (χ2n) is 7.10. The van der Waals surface area contributed by atoms with Crippen molar-refractivity contribution >= 4 is 27.5 Å². The number of nitrogens with one attached hydrogen (secondary N) is 2. The predicted octanol–water partition coefficient (Wildman–Crippen LogP) is 2.47. The first-order valence-electron chi connectivity index (χ1n) is 8.97. The van der Waals surface area contributed by atoms with Gasteiger partial charge in [0.25, 0.3) is 5.56 Å². The minimum absolute atomic E-state index is 0.00706. The summed E-state index contributed by atoms with van der Waals surface area (Å²) in [6.07, 6.45) is 4.21. The molecule has 2 heterocycles. The molecule has 3 atom stereocenters. The van der Waals surface area contributed by atoms with Crippen LogP contribution < -0.4 is 16.6 Å². The Labute approximate surface area is 150 Å². The first-order valence-corrected chi connectivity index (χ1v) is 9.85. The van der Waals surface area contributed by atoms with Crippen molar-refractivity contribution in [1.82, 2.24) is 14.9 Å². The van der Waals surface area contributed by atoms with E-state index in [1.54, 1.807) is 11.4 Å². The molecule has 0 saturated heterocycles. The summed E-state index contributed by atoms with van der Waals surface area (Å²) in [6.45, 7) is 4.69. The molecule has 0 bridgehead atoms. The summed E-state index contributed by atoms with van der Waals surface area (Å²) in [5.74, 6) is 1.13. The van der Waals surface area contributed by atoms with Gasteiger partial charge in [-0.3, -0.25) is 14.2 Å². The Morgan fingerprint density at radius 2 is 2.16 bits per heavy atom. The number of H-pyrrole nitrogens is 1. The lowest BCUT2D eigenvalue weighted by atomic mass is 9.78. The Morgan fingerprint density at radius 3 is 2.96 bits per heavy atom. The number of aromatic amines is 1. The number of nitrogens with zero attached hydrogens (tertiary/aromatic N) is 1. The van der Waals surface area contributed by atoms with Gasteiger partial charge in [-0.2, -0.15) is 0 Å². The summed E-state index contributed by atoms with van der Waals surface area (Å²) in [5.41, 5.74) is -0.107. The molecule has 25 heavy (non-hydrogen) atoms. The zero-order chi connectivity index (χ0) is 18.0. The van der Waals surface area contributed by atoms with Gasteiger partial charge in [0.2, 0.25) is 5.91 Å². The van der Waals surface area contributed by atoms with Crippen LogP contribution in [0.4, 0.5) is 0 Å². The molecule has 3 rings (SSSR count). The first kappa shape index (κ1) is 17.9. The monoisotopic (exact) mass is 363 g/mol. The Balaban J connectivity index is 1.57. The van der Waals surface area contributed by atoms with Crippen molar-refractivity contribution in [3.8, 4) is 0 Å². The van der Waals surface area contributed by atoms with E-state index >= 15 is 0 Å². The molecule has 1 saturated carbocycles. The molecule has 136 valence electrons. The van der Waals surface area contributed by atoms with Crippen LogP contribution in [-0.2, 0) is 11.3 Å². The van der Waals surface area contributed by atoms with Crippen molar-refractivity contribution in [2.75, 3.05) is 0 Å². The van der Waals surface area contributed by atoms with Crippen LogP contribution in [0.3, 0.4) is 0 Å². The van der Waals surface area contributed by atoms with E-state index in [1.165, 1.54) is 22.3 Å². The maximum atomic E-state index is 12.3. The van der Waals surface area contributed by atoms with Gasteiger partial charge in [-0.15, -0.1) is 11.3 Å².